The average Bonchev–Trinajstić information content (AvgIpc) is 3.12. The van der Waals surface area contributed by atoms with Gasteiger partial charge in [-0.2, -0.15) is 0 Å². The lowest BCUT2D eigenvalue weighted by Gasteiger charge is -2.16. The van der Waals surface area contributed by atoms with Crippen molar-refractivity contribution in [2.75, 3.05) is 7.11 Å². The summed E-state index contributed by atoms with van der Waals surface area (Å²) in [4.78, 5) is 10.8. The lowest BCUT2D eigenvalue weighted by molar-refractivity contribution is -0.137. The Kier molecular flexibility index (Phi) is 3.41. The van der Waals surface area contributed by atoms with E-state index in [-0.39, 0.29) is 35.3 Å². The van der Waals surface area contributed by atoms with E-state index >= 15 is 0 Å². The Balaban J connectivity index is 2.35. The van der Waals surface area contributed by atoms with Crippen LogP contribution in [0, 0.1) is 11.7 Å². The fraction of sp³-hybridized carbons (Fsp3) is 0.462. The molecule has 5 heteroatoms. The van der Waals surface area contributed by atoms with Crippen molar-refractivity contribution < 1.29 is 24.1 Å². The number of aromatic hydroxyl groups is 1. The summed E-state index contributed by atoms with van der Waals surface area (Å²) < 4.78 is 18.7. The predicted octanol–water partition coefficient (Wildman–Crippen LogP) is 2.51. The molecule has 98 valence electrons. The van der Waals surface area contributed by atoms with Gasteiger partial charge in [-0.3, -0.25) is 4.79 Å². The summed E-state index contributed by atoms with van der Waals surface area (Å²) in [5.41, 5.74) is 0.262. The molecular formula is C13H15FO4. The molecule has 1 aromatic rings. The van der Waals surface area contributed by atoms with Gasteiger partial charge in [0, 0.05) is 12.0 Å². The van der Waals surface area contributed by atoms with Crippen LogP contribution in [0.25, 0.3) is 0 Å². The molecule has 1 aromatic carbocycles. The molecule has 0 aromatic heterocycles. The molecule has 0 heterocycles. The van der Waals surface area contributed by atoms with E-state index in [1.165, 1.54) is 13.2 Å². The molecule has 4 nitrogen and oxygen atoms in total. The first-order valence-corrected chi connectivity index (χ1v) is 5.81. The largest absolute Gasteiger partial charge is 0.504 e. The summed E-state index contributed by atoms with van der Waals surface area (Å²) in [6, 6.07) is 2.38. The number of methoxy groups -OCH3 is 1. The number of rotatable bonds is 5. The highest BCUT2D eigenvalue weighted by Crippen LogP contribution is 2.46. The zero-order chi connectivity index (χ0) is 13.3. The number of hydrogen-bond acceptors (Lipinski definition) is 3. The monoisotopic (exact) mass is 254 g/mol. The van der Waals surface area contributed by atoms with Crippen molar-refractivity contribution in [3.05, 3.63) is 23.5 Å². The van der Waals surface area contributed by atoms with Gasteiger partial charge in [-0.15, -0.1) is 0 Å². The molecule has 0 aliphatic heterocycles. The SMILES string of the molecule is COc1cc(F)c(C(CC(=O)O)C2CC2)cc1O. The van der Waals surface area contributed by atoms with Gasteiger partial charge in [0.2, 0.25) is 0 Å². The van der Waals surface area contributed by atoms with Crippen LogP contribution in [-0.4, -0.2) is 23.3 Å². The maximum atomic E-state index is 13.9. The van der Waals surface area contributed by atoms with Crippen molar-refractivity contribution in [3.63, 3.8) is 0 Å². The van der Waals surface area contributed by atoms with E-state index in [4.69, 9.17) is 9.84 Å². The highest BCUT2D eigenvalue weighted by molar-refractivity contribution is 5.68. The number of hydrogen-bond donors (Lipinski definition) is 2. The van der Waals surface area contributed by atoms with E-state index in [2.05, 4.69) is 0 Å². The number of benzene rings is 1. The maximum Gasteiger partial charge on any atom is 0.303 e. The molecule has 1 atom stereocenters. The van der Waals surface area contributed by atoms with Gasteiger partial charge in [0.1, 0.15) is 5.82 Å². The Bertz CT molecular complexity index is 468. The molecule has 18 heavy (non-hydrogen) atoms. The topological polar surface area (TPSA) is 66.8 Å². The van der Waals surface area contributed by atoms with Gasteiger partial charge in [-0.05, 0) is 30.4 Å². The van der Waals surface area contributed by atoms with Crippen LogP contribution in [0.1, 0.15) is 30.7 Å². The minimum atomic E-state index is -0.957. The normalized spacial score (nSPS) is 16.3. The van der Waals surface area contributed by atoms with Gasteiger partial charge in [-0.25, -0.2) is 4.39 Å². The standard InChI is InChI=1S/C13H15FO4/c1-18-12-6-10(14)9(4-11(12)15)8(5-13(16)17)7-2-3-7/h4,6-8,15H,2-3,5H2,1H3,(H,16,17). The Morgan fingerprint density at radius 1 is 1.56 bits per heavy atom. The first kappa shape index (κ1) is 12.7. The smallest absolute Gasteiger partial charge is 0.303 e. The summed E-state index contributed by atoms with van der Waals surface area (Å²) in [5.74, 6) is -1.77. The lowest BCUT2D eigenvalue weighted by atomic mass is 9.90. The van der Waals surface area contributed by atoms with Crippen molar-refractivity contribution in [2.45, 2.75) is 25.2 Å². The molecule has 1 aliphatic rings. The molecule has 2 rings (SSSR count). The second kappa shape index (κ2) is 4.84. The zero-order valence-corrected chi connectivity index (χ0v) is 10.0. The van der Waals surface area contributed by atoms with Gasteiger partial charge in [0.05, 0.1) is 13.5 Å². The fourth-order valence-electron chi connectivity index (χ4n) is 2.22. The summed E-state index contributed by atoms with van der Waals surface area (Å²) >= 11 is 0. The molecule has 0 radical (unpaired) electrons. The first-order chi connectivity index (χ1) is 8.52. The predicted molar refractivity (Wildman–Crippen MR) is 62.3 cm³/mol. The molecule has 0 amide bonds. The van der Waals surface area contributed by atoms with Crippen LogP contribution in [0.4, 0.5) is 4.39 Å². The number of carboxylic acid groups (broad SMARTS) is 1. The van der Waals surface area contributed by atoms with Crippen LogP contribution in [-0.2, 0) is 4.79 Å². The van der Waals surface area contributed by atoms with Crippen LogP contribution in [0.2, 0.25) is 0 Å². The second-order valence-corrected chi connectivity index (χ2v) is 4.59. The molecule has 2 N–H and O–H groups in total. The van der Waals surface area contributed by atoms with E-state index in [1.54, 1.807) is 0 Å². The third-order valence-corrected chi connectivity index (χ3v) is 3.28. The number of carboxylic acids is 1. The van der Waals surface area contributed by atoms with Gasteiger partial charge in [-0.1, -0.05) is 0 Å². The summed E-state index contributed by atoms with van der Waals surface area (Å²) in [7, 11) is 1.34. The first-order valence-electron chi connectivity index (χ1n) is 5.81. The Hall–Kier alpha value is -1.78. The number of carbonyl (C=O) groups is 1. The van der Waals surface area contributed by atoms with Crippen molar-refractivity contribution >= 4 is 5.97 Å². The second-order valence-electron chi connectivity index (χ2n) is 4.59. The number of aliphatic carboxylic acids is 1. The molecule has 0 bridgehead atoms. The van der Waals surface area contributed by atoms with Crippen LogP contribution in [0.3, 0.4) is 0 Å². The molecule has 1 fully saturated rings. The highest BCUT2D eigenvalue weighted by atomic mass is 19.1. The molecule has 1 aliphatic carbocycles. The zero-order valence-electron chi connectivity index (χ0n) is 10.0. The minimum Gasteiger partial charge on any atom is -0.504 e. The summed E-state index contributed by atoms with van der Waals surface area (Å²) in [5, 5.41) is 18.5. The lowest BCUT2D eigenvalue weighted by Crippen LogP contribution is -2.10. The minimum absolute atomic E-state index is 0.0566. The van der Waals surface area contributed by atoms with Crippen molar-refractivity contribution in [2.24, 2.45) is 5.92 Å². The molecule has 1 saturated carbocycles. The van der Waals surface area contributed by atoms with Gasteiger partial charge >= 0.3 is 5.97 Å². The third-order valence-electron chi connectivity index (χ3n) is 3.28. The number of halogens is 1. The Morgan fingerprint density at radius 3 is 2.72 bits per heavy atom. The van der Waals surface area contributed by atoms with Crippen molar-refractivity contribution in [1.82, 2.24) is 0 Å². The summed E-state index contributed by atoms with van der Waals surface area (Å²) in [6.07, 6.45) is 1.70. The van der Waals surface area contributed by atoms with E-state index in [1.807, 2.05) is 0 Å². The Morgan fingerprint density at radius 2 is 2.22 bits per heavy atom. The molecule has 0 saturated heterocycles. The van der Waals surface area contributed by atoms with E-state index in [0.29, 0.717) is 0 Å². The van der Waals surface area contributed by atoms with E-state index < -0.39 is 11.8 Å². The highest BCUT2D eigenvalue weighted by Gasteiger charge is 2.35. The van der Waals surface area contributed by atoms with Crippen LogP contribution >= 0.6 is 0 Å². The Labute approximate surface area is 104 Å². The third kappa shape index (κ3) is 2.55. The maximum absolute atomic E-state index is 13.9. The number of phenolic OH excluding ortho intramolecular Hbond substituents is 1. The van der Waals surface area contributed by atoms with Crippen molar-refractivity contribution in [3.8, 4) is 11.5 Å². The molecule has 1 unspecified atom stereocenters. The van der Waals surface area contributed by atoms with Crippen LogP contribution in [0.5, 0.6) is 11.5 Å². The number of ether oxygens (including phenoxy) is 1. The van der Waals surface area contributed by atoms with Crippen molar-refractivity contribution in [1.29, 1.82) is 0 Å². The van der Waals surface area contributed by atoms with Gasteiger partial charge in [0.15, 0.2) is 11.5 Å². The van der Waals surface area contributed by atoms with Crippen LogP contribution < -0.4 is 4.74 Å². The fourth-order valence-corrected chi connectivity index (χ4v) is 2.22. The molecular weight excluding hydrogens is 239 g/mol. The molecule has 0 spiro atoms. The van der Waals surface area contributed by atoms with E-state index in [0.717, 1.165) is 18.9 Å². The van der Waals surface area contributed by atoms with Gasteiger partial charge in [0.25, 0.3) is 0 Å². The summed E-state index contributed by atoms with van der Waals surface area (Å²) in [6.45, 7) is 0. The number of phenols is 1. The quantitative estimate of drug-likeness (QED) is 0.847. The van der Waals surface area contributed by atoms with Gasteiger partial charge < -0.3 is 14.9 Å². The van der Waals surface area contributed by atoms with Crippen LogP contribution in [0.15, 0.2) is 12.1 Å². The average molecular weight is 254 g/mol. The van der Waals surface area contributed by atoms with E-state index in [9.17, 15) is 14.3 Å².